The summed E-state index contributed by atoms with van der Waals surface area (Å²) in [6, 6.07) is -0.611. The van der Waals surface area contributed by atoms with Crippen molar-refractivity contribution in [3.05, 3.63) is 0 Å². The highest BCUT2D eigenvalue weighted by molar-refractivity contribution is 5.58. The Morgan fingerprint density at radius 2 is 2.25 bits per heavy atom. The van der Waals surface area contributed by atoms with E-state index in [4.69, 9.17) is 10.5 Å². The number of ether oxygens (including phenoxy) is 1. The van der Waals surface area contributed by atoms with Crippen LogP contribution in [0.4, 0.5) is 0 Å². The lowest BCUT2D eigenvalue weighted by molar-refractivity contribution is 0.111. The van der Waals surface area contributed by atoms with Gasteiger partial charge in [-0.1, -0.05) is 0 Å². The van der Waals surface area contributed by atoms with E-state index in [1.54, 1.807) is 13.2 Å². The molecule has 0 spiro atoms. The van der Waals surface area contributed by atoms with Gasteiger partial charge in [0.1, 0.15) is 0 Å². The van der Waals surface area contributed by atoms with Crippen molar-refractivity contribution in [3.8, 4) is 0 Å². The summed E-state index contributed by atoms with van der Waals surface area (Å²) in [7, 11) is 1.50. The molecule has 0 amide bonds. The molecule has 2 N–H and O–H groups in total. The summed E-state index contributed by atoms with van der Waals surface area (Å²) in [4.78, 5) is 9.78. The second-order valence-electron chi connectivity index (χ2n) is 1.58. The molecule has 0 fully saturated rings. The zero-order chi connectivity index (χ0) is 6.57. The first-order valence-corrected chi connectivity index (χ1v) is 2.38. The lowest BCUT2D eigenvalue weighted by Crippen LogP contribution is -2.34. The van der Waals surface area contributed by atoms with Gasteiger partial charge < -0.3 is 10.5 Å². The van der Waals surface area contributed by atoms with Crippen molar-refractivity contribution in [3.63, 3.8) is 0 Å². The number of hydrogen-bond donors (Lipinski definition) is 1. The van der Waals surface area contributed by atoms with E-state index in [0.29, 0.717) is 0 Å². The Morgan fingerprint density at radius 1 is 1.75 bits per heavy atom. The molecule has 3 nitrogen and oxygen atoms in total. The number of rotatable bonds is 3. The number of nitrogens with two attached hydrogens (primary N) is 1. The van der Waals surface area contributed by atoms with Gasteiger partial charge in [-0.15, -0.1) is 0 Å². The van der Waals surface area contributed by atoms with Crippen LogP contribution in [0.5, 0.6) is 0 Å². The number of carbonyl (C=O) groups excluding carboxylic acids is 1. The molecular formula is C5H10NO2. The highest BCUT2D eigenvalue weighted by Crippen LogP contribution is 1.88. The minimum atomic E-state index is -0.611. The van der Waals surface area contributed by atoms with Crippen molar-refractivity contribution in [2.24, 2.45) is 5.73 Å². The van der Waals surface area contributed by atoms with E-state index in [0.717, 1.165) is 0 Å². The van der Waals surface area contributed by atoms with Crippen LogP contribution in [0.15, 0.2) is 0 Å². The Morgan fingerprint density at radius 3 is 2.38 bits per heavy atom. The van der Waals surface area contributed by atoms with E-state index >= 15 is 0 Å². The van der Waals surface area contributed by atoms with E-state index in [1.165, 1.54) is 7.11 Å². The van der Waals surface area contributed by atoms with Crippen molar-refractivity contribution < 1.29 is 9.53 Å². The molecule has 0 aliphatic heterocycles. The van der Waals surface area contributed by atoms with Crippen molar-refractivity contribution in [2.45, 2.75) is 19.1 Å². The molecule has 3 heteroatoms. The molecule has 0 aliphatic carbocycles. The summed E-state index contributed by atoms with van der Waals surface area (Å²) in [5.41, 5.74) is 5.18. The summed E-state index contributed by atoms with van der Waals surface area (Å²) in [6.07, 6.45) is 1.39. The van der Waals surface area contributed by atoms with Gasteiger partial charge in [0.2, 0.25) is 6.29 Å². The van der Waals surface area contributed by atoms with E-state index < -0.39 is 6.04 Å². The molecule has 2 atom stereocenters. The van der Waals surface area contributed by atoms with Crippen molar-refractivity contribution >= 4 is 6.29 Å². The fourth-order valence-corrected chi connectivity index (χ4v) is 0.242. The average molecular weight is 116 g/mol. The maximum Gasteiger partial charge on any atom is 0.219 e. The van der Waals surface area contributed by atoms with Crippen LogP contribution < -0.4 is 5.73 Å². The molecule has 47 valence electrons. The van der Waals surface area contributed by atoms with Gasteiger partial charge in [-0.25, -0.2) is 0 Å². The SMILES string of the molecule is CO[C@@H](C)[C@@H](N)[C]=O. The Bertz CT molecular complexity index is 74.8. The standard InChI is InChI=1S/C5H10NO2/c1-4(8-2)5(6)3-7/h4-5H,6H2,1-2H3/t4-,5-/m0/s1. The van der Waals surface area contributed by atoms with E-state index in [2.05, 4.69) is 0 Å². The van der Waals surface area contributed by atoms with Crippen LogP contribution in [0, 0.1) is 0 Å². The fraction of sp³-hybridized carbons (Fsp3) is 0.800. The number of methoxy groups -OCH3 is 1. The van der Waals surface area contributed by atoms with Crippen molar-refractivity contribution in [2.75, 3.05) is 7.11 Å². The van der Waals surface area contributed by atoms with Gasteiger partial charge in [-0.05, 0) is 6.92 Å². The Hall–Kier alpha value is -0.410. The zero-order valence-electron chi connectivity index (χ0n) is 5.05. The second-order valence-corrected chi connectivity index (χ2v) is 1.58. The normalized spacial score (nSPS) is 17.4. The summed E-state index contributed by atoms with van der Waals surface area (Å²) < 4.78 is 4.72. The molecule has 8 heavy (non-hydrogen) atoms. The predicted octanol–water partition coefficient (Wildman–Crippen LogP) is -0.542. The molecular weight excluding hydrogens is 106 g/mol. The molecule has 0 aromatic heterocycles. The first kappa shape index (κ1) is 7.59. The molecule has 0 aliphatic rings. The van der Waals surface area contributed by atoms with Crippen LogP contribution in [0.1, 0.15) is 6.92 Å². The van der Waals surface area contributed by atoms with Gasteiger partial charge in [-0.3, -0.25) is 4.79 Å². The molecule has 0 heterocycles. The quantitative estimate of drug-likeness (QED) is 0.538. The first-order valence-electron chi connectivity index (χ1n) is 2.38. The van der Waals surface area contributed by atoms with Crippen LogP contribution in [0.25, 0.3) is 0 Å². The largest absolute Gasteiger partial charge is 0.380 e. The van der Waals surface area contributed by atoms with Gasteiger partial charge in [0.25, 0.3) is 0 Å². The lowest BCUT2D eigenvalue weighted by atomic mass is 10.2. The molecule has 0 unspecified atom stereocenters. The van der Waals surface area contributed by atoms with Gasteiger partial charge in [0, 0.05) is 7.11 Å². The van der Waals surface area contributed by atoms with Gasteiger partial charge >= 0.3 is 0 Å². The molecule has 0 rings (SSSR count). The number of hydrogen-bond acceptors (Lipinski definition) is 3. The smallest absolute Gasteiger partial charge is 0.219 e. The van der Waals surface area contributed by atoms with E-state index in [1.807, 2.05) is 0 Å². The molecule has 0 aromatic carbocycles. The maximum atomic E-state index is 9.78. The van der Waals surface area contributed by atoms with Crippen molar-refractivity contribution in [1.29, 1.82) is 0 Å². The van der Waals surface area contributed by atoms with E-state index in [-0.39, 0.29) is 6.10 Å². The Labute approximate surface area is 48.8 Å². The van der Waals surface area contributed by atoms with E-state index in [9.17, 15) is 4.79 Å². The third-order valence-corrected chi connectivity index (χ3v) is 1.01. The first-order chi connectivity index (χ1) is 3.72. The van der Waals surface area contributed by atoms with Gasteiger partial charge in [-0.2, -0.15) is 0 Å². The van der Waals surface area contributed by atoms with Crippen LogP contribution >= 0.6 is 0 Å². The zero-order valence-corrected chi connectivity index (χ0v) is 5.05. The van der Waals surface area contributed by atoms with Crippen LogP contribution in [0.2, 0.25) is 0 Å². The summed E-state index contributed by atoms with van der Waals surface area (Å²) in [6.45, 7) is 1.72. The molecule has 0 saturated carbocycles. The average Bonchev–Trinajstić information content (AvgIpc) is 1.84. The highest BCUT2D eigenvalue weighted by atomic mass is 16.5. The Balaban J connectivity index is 3.44. The minimum absolute atomic E-state index is 0.229. The lowest BCUT2D eigenvalue weighted by Gasteiger charge is -2.09. The Kier molecular flexibility index (Phi) is 3.39. The third kappa shape index (κ3) is 2.04. The van der Waals surface area contributed by atoms with Crippen LogP contribution in [-0.4, -0.2) is 25.5 Å². The highest BCUT2D eigenvalue weighted by Gasteiger charge is 2.09. The van der Waals surface area contributed by atoms with Crippen LogP contribution in [-0.2, 0) is 9.53 Å². The fourth-order valence-electron chi connectivity index (χ4n) is 0.242. The summed E-state index contributed by atoms with van der Waals surface area (Å²) >= 11 is 0. The molecule has 0 bridgehead atoms. The minimum Gasteiger partial charge on any atom is -0.380 e. The van der Waals surface area contributed by atoms with Gasteiger partial charge in [0.15, 0.2) is 0 Å². The summed E-state index contributed by atoms with van der Waals surface area (Å²) in [5.74, 6) is 0. The summed E-state index contributed by atoms with van der Waals surface area (Å²) in [5, 5.41) is 0. The second kappa shape index (κ2) is 3.57. The van der Waals surface area contributed by atoms with Gasteiger partial charge in [0.05, 0.1) is 12.1 Å². The molecule has 0 aromatic rings. The molecule has 0 saturated heterocycles. The third-order valence-electron chi connectivity index (χ3n) is 1.01. The van der Waals surface area contributed by atoms with Crippen LogP contribution in [0.3, 0.4) is 0 Å². The molecule has 1 radical (unpaired) electrons. The predicted molar refractivity (Wildman–Crippen MR) is 30.1 cm³/mol. The maximum absolute atomic E-state index is 9.78. The topological polar surface area (TPSA) is 52.3 Å². The van der Waals surface area contributed by atoms with Crippen molar-refractivity contribution in [1.82, 2.24) is 0 Å². The monoisotopic (exact) mass is 116 g/mol.